The molecule has 1 N–H and O–H groups in total. The summed E-state index contributed by atoms with van der Waals surface area (Å²) in [5.74, 6) is 2.34. The molecular weight excluding hydrogens is 360 g/mol. The smallest absolute Gasteiger partial charge is 0.232 e. The van der Waals surface area contributed by atoms with E-state index in [-0.39, 0.29) is 11.3 Å². The molecule has 0 aromatic heterocycles. The highest BCUT2D eigenvalue weighted by Crippen LogP contribution is 2.60. The SMILES string of the molecule is CS(=O)(=O)N1CCCc2ccc(NC(=O)C34CC5CC(CC(C5)C3)C4)cc21. The van der Waals surface area contributed by atoms with E-state index >= 15 is 0 Å². The van der Waals surface area contributed by atoms with E-state index in [9.17, 15) is 13.2 Å². The molecule has 4 saturated carbocycles. The Kier molecular flexibility index (Phi) is 3.87. The summed E-state index contributed by atoms with van der Waals surface area (Å²) in [5.41, 5.74) is 2.30. The summed E-state index contributed by atoms with van der Waals surface area (Å²) >= 11 is 0. The molecule has 5 nitrogen and oxygen atoms in total. The quantitative estimate of drug-likeness (QED) is 0.861. The van der Waals surface area contributed by atoms with Crippen LogP contribution in [0.2, 0.25) is 0 Å². The molecule has 0 unspecified atom stereocenters. The zero-order chi connectivity index (χ0) is 18.8. The van der Waals surface area contributed by atoms with Crippen LogP contribution in [0, 0.1) is 23.2 Å². The number of carbonyl (C=O) groups is 1. The standard InChI is InChI=1S/C21H28N2O3S/c1-27(25,26)23-6-2-3-17-4-5-18(10-19(17)23)22-20(24)21-11-14-7-15(12-21)9-16(8-14)13-21/h4-5,10,14-16H,2-3,6-9,11-13H2,1H3,(H,22,24). The summed E-state index contributed by atoms with van der Waals surface area (Å²) in [4.78, 5) is 13.3. The molecule has 1 aliphatic heterocycles. The number of aryl methyl sites for hydroxylation is 1. The van der Waals surface area contributed by atoms with Crippen LogP contribution in [-0.2, 0) is 21.2 Å². The van der Waals surface area contributed by atoms with E-state index in [0.717, 1.165) is 66.8 Å². The van der Waals surface area contributed by atoms with Gasteiger partial charge in [-0.05, 0) is 86.8 Å². The lowest BCUT2D eigenvalue weighted by molar-refractivity contribution is -0.140. The number of amides is 1. The van der Waals surface area contributed by atoms with Crippen LogP contribution in [0.1, 0.15) is 50.5 Å². The minimum absolute atomic E-state index is 0.156. The summed E-state index contributed by atoms with van der Waals surface area (Å²) < 4.78 is 25.8. The number of nitrogens with zero attached hydrogens (tertiary/aromatic N) is 1. The van der Waals surface area contributed by atoms with Crippen LogP contribution >= 0.6 is 0 Å². The van der Waals surface area contributed by atoms with Gasteiger partial charge in [0.15, 0.2) is 0 Å². The summed E-state index contributed by atoms with van der Waals surface area (Å²) in [6.45, 7) is 0.512. The molecule has 4 aliphatic carbocycles. The van der Waals surface area contributed by atoms with E-state index in [4.69, 9.17) is 0 Å². The Morgan fingerprint density at radius 3 is 2.33 bits per heavy atom. The first-order valence-electron chi connectivity index (χ1n) is 10.2. The molecule has 0 spiro atoms. The van der Waals surface area contributed by atoms with Gasteiger partial charge in [0.2, 0.25) is 15.9 Å². The summed E-state index contributed by atoms with van der Waals surface area (Å²) in [5, 5.41) is 3.16. The average molecular weight is 389 g/mol. The van der Waals surface area contributed by atoms with Gasteiger partial charge in [0.25, 0.3) is 0 Å². The van der Waals surface area contributed by atoms with Crippen molar-refractivity contribution in [2.24, 2.45) is 23.2 Å². The van der Waals surface area contributed by atoms with Crippen LogP contribution in [0.4, 0.5) is 11.4 Å². The van der Waals surface area contributed by atoms with Crippen molar-refractivity contribution in [3.63, 3.8) is 0 Å². The first-order chi connectivity index (χ1) is 12.8. The van der Waals surface area contributed by atoms with Crippen LogP contribution in [-0.4, -0.2) is 27.1 Å². The van der Waals surface area contributed by atoms with E-state index in [1.54, 1.807) is 0 Å². The topological polar surface area (TPSA) is 66.5 Å². The molecule has 0 saturated heterocycles. The lowest BCUT2D eigenvalue weighted by atomic mass is 9.49. The second kappa shape index (κ2) is 5.97. The largest absolute Gasteiger partial charge is 0.326 e. The first kappa shape index (κ1) is 17.5. The number of nitrogens with one attached hydrogen (secondary N) is 1. The van der Waals surface area contributed by atoms with Crippen LogP contribution in [0.25, 0.3) is 0 Å². The molecule has 0 radical (unpaired) electrons. The van der Waals surface area contributed by atoms with Gasteiger partial charge >= 0.3 is 0 Å². The first-order valence-corrected chi connectivity index (χ1v) is 12.1. The molecule has 6 heteroatoms. The Morgan fingerprint density at radius 1 is 1.11 bits per heavy atom. The van der Waals surface area contributed by atoms with Crippen LogP contribution < -0.4 is 9.62 Å². The van der Waals surface area contributed by atoms with Crippen molar-refractivity contribution >= 4 is 27.3 Å². The van der Waals surface area contributed by atoms with Crippen LogP contribution in [0.5, 0.6) is 0 Å². The van der Waals surface area contributed by atoms with E-state index in [1.807, 2.05) is 18.2 Å². The highest BCUT2D eigenvalue weighted by molar-refractivity contribution is 7.92. The molecule has 1 aromatic rings. The van der Waals surface area contributed by atoms with E-state index in [2.05, 4.69) is 5.32 Å². The number of hydrogen-bond acceptors (Lipinski definition) is 3. The molecule has 4 fully saturated rings. The number of rotatable bonds is 3. The van der Waals surface area contributed by atoms with Gasteiger partial charge in [-0.3, -0.25) is 9.10 Å². The van der Waals surface area contributed by atoms with Crippen molar-refractivity contribution in [1.82, 2.24) is 0 Å². The zero-order valence-corrected chi connectivity index (χ0v) is 16.7. The fourth-order valence-electron chi connectivity index (χ4n) is 6.62. The number of hydrogen-bond donors (Lipinski definition) is 1. The minimum atomic E-state index is -3.30. The molecule has 146 valence electrons. The van der Waals surface area contributed by atoms with Gasteiger partial charge in [-0.25, -0.2) is 8.42 Å². The third-order valence-corrected chi connectivity index (χ3v) is 8.52. The predicted molar refractivity (Wildman–Crippen MR) is 106 cm³/mol. The lowest BCUT2D eigenvalue weighted by Crippen LogP contribution is -2.51. The van der Waals surface area contributed by atoms with Gasteiger partial charge in [-0.2, -0.15) is 0 Å². The highest BCUT2D eigenvalue weighted by Gasteiger charge is 2.54. The maximum absolute atomic E-state index is 13.3. The molecular formula is C21H28N2O3S. The molecule has 4 bridgehead atoms. The lowest BCUT2D eigenvalue weighted by Gasteiger charge is -2.55. The predicted octanol–water partition coefficient (Wildman–Crippen LogP) is 3.55. The van der Waals surface area contributed by atoms with Gasteiger partial charge in [0.05, 0.1) is 17.4 Å². The molecule has 1 amide bonds. The second-order valence-electron chi connectivity index (χ2n) is 9.43. The van der Waals surface area contributed by atoms with Gasteiger partial charge in [-0.1, -0.05) is 6.07 Å². The van der Waals surface area contributed by atoms with Gasteiger partial charge in [0, 0.05) is 12.2 Å². The maximum atomic E-state index is 13.3. The minimum Gasteiger partial charge on any atom is -0.326 e. The molecule has 27 heavy (non-hydrogen) atoms. The number of benzene rings is 1. The number of sulfonamides is 1. The van der Waals surface area contributed by atoms with Crippen molar-refractivity contribution in [3.05, 3.63) is 23.8 Å². The molecule has 1 aromatic carbocycles. The number of anilines is 2. The van der Waals surface area contributed by atoms with Gasteiger partial charge in [0.1, 0.15) is 0 Å². The van der Waals surface area contributed by atoms with Gasteiger partial charge in [-0.15, -0.1) is 0 Å². The molecule has 1 heterocycles. The Balaban J connectivity index is 1.41. The summed E-state index contributed by atoms with van der Waals surface area (Å²) in [7, 11) is -3.30. The Morgan fingerprint density at radius 2 is 1.74 bits per heavy atom. The van der Waals surface area contributed by atoms with E-state index in [1.165, 1.54) is 29.8 Å². The third kappa shape index (κ3) is 2.96. The van der Waals surface area contributed by atoms with Crippen molar-refractivity contribution in [2.45, 2.75) is 51.4 Å². The van der Waals surface area contributed by atoms with Crippen molar-refractivity contribution in [1.29, 1.82) is 0 Å². The number of carbonyl (C=O) groups excluding carboxylic acids is 1. The van der Waals surface area contributed by atoms with Crippen molar-refractivity contribution in [2.75, 3.05) is 22.4 Å². The van der Waals surface area contributed by atoms with E-state index < -0.39 is 10.0 Å². The third-order valence-electron chi connectivity index (χ3n) is 7.34. The number of fused-ring (bicyclic) bond motifs is 1. The fourth-order valence-corrected chi connectivity index (χ4v) is 7.60. The Bertz CT molecular complexity index is 857. The summed E-state index contributed by atoms with van der Waals surface area (Å²) in [6, 6.07) is 5.76. The van der Waals surface area contributed by atoms with Crippen molar-refractivity contribution in [3.8, 4) is 0 Å². The highest BCUT2D eigenvalue weighted by atomic mass is 32.2. The van der Waals surface area contributed by atoms with E-state index in [0.29, 0.717) is 6.54 Å². The van der Waals surface area contributed by atoms with Crippen molar-refractivity contribution < 1.29 is 13.2 Å². The van der Waals surface area contributed by atoms with Crippen LogP contribution in [0.15, 0.2) is 18.2 Å². The molecule has 5 aliphatic rings. The van der Waals surface area contributed by atoms with Crippen LogP contribution in [0.3, 0.4) is 0 Å². The summed E-state index contributed by atoms with van der Waals surface area (Å²) in [6.07, 6.45) is 10.0. The zero-order valence-electron chi connectivity index (χ0n) is 15.9. The second-order valence-corrected chi connectivity index (χ2v) is 11.3. The normalized spacial score (nSPS) is 34.4. The molecule has 6 rings (SSSR count). The fraction of sp³-hybridized carbons (Fsp3) is 0.667. The Labute approximate surface area is 161 Å². The molecule has 0 atom stereocenters. The monoisotopic (exact) mass is 388 g/mol. The maximum Gasteiger partial charge on any atom is 0.232 e. The Hall–Kier alpha value is -1.56. The van der Waals surface area contributed by atoms with Gasteiger partial charge < -0.3 is 5.32 Å². The average Bonchev–Trinajstić information content (AvgIpc) is 2.59.